The van der Waals surface area contributed by atoms with Crippen molar-refractivity contribution in [3.63, 3.8) is 0 Å². The standard InChI is InChI=1S/C83H90Cl2F3N11O27/c1-33(2)20-47(90-5)73(110)97-64-66(105)36-7-13-52(45(84)22-36)122-55-24-38-25-56(70(55)126-81-71(69(108)68(107)57(32-100)124-81)125-59-30-82(4,72(109)34(3)120-59)91-31-41-10-15-54(121-41)75(112)92-39-9-11-49(44(26-39)83(86,87)88)99-16-18-119-19-17-99)123-53-14-8-37(23-46(53)85)67(106)65-79(116)96-63(80(117)118)43-27-40(101)28-51(103)60(43)42-21-35(6-12-50(42)102)61(76(113)98-65)95-77(114)62(38)94-74(111)48(29-58(89)104)93-78(64)115/h6-15,21-28,33-34,47-48,57,59,61-69,71-72,81,90-91,100-103,105-109H,16-20,29-32H2,1-5H3,(H2,89,104)(H,92,112)(H,93,115)(H,94,111)(H,95,114)(H,96,116)(H,97,110)(H,98,113)(H,117,118)/t34?,47-,48-,57+,59-,61-,62?,63+,64+,65+,66+,67+,68+,69+,71+,72-,81?,82?/m0/s1. The molecule has 8 amide bonds. The molecule has 0 spiro atoms. The number of phenolic OH excluding ortho intramolecular Hbond substituents is 3. The molecule has 126 heavy (non-hydrogen) atoms. The Kier molecular flexibility index (Phi) is 27.6. The zero-order chi connectivity index (χ0) is 91.0. The van der Waals surface area contributed by atoms with Crippen molar-refractivity contribution in [2.75, 3.05) is 50.2 Å². The van der Waals surface area contributed by atoms with Gasteiger partial charge in [0.2, 0.25) is 53.4 Å². The number of aliphatic hydroxyl groups excluding tert-OH is 6. The quantitative estimate of drug-likeness (QED) is 0.0549. The van der Waals surface area contributed by atoms with Crippen LogP contribution in [0.4, 0.5) is 24.5 Å². The van der Waals surface area contributed by atoms with E-state index in [0.29, 0.717) is 0 Å². The topological polar surface area (TPSA) is 571 Å². The molecule has 4 unspecified atom stereocenters. The maximum atomic E-state index is 16.2. The maximum Gasteiger partial charge on any atom is 0.418 e. The number of nitrogens with two attached hydrogens (primary N) is 1. The molecule has 3 saturated heterocycles. The molecule has 674 valence electrons. The predicted octanol–water partition coefficient (Wildman–Crippen LogP) is 3.64. The van der Waals surface area contributed by atoms with Crippen molar-refractivity contribution in [1.82, 2.24) is 42.5 Å². The predicted molar refractivity (Wildman–Crippen MR) is 433 cm³/mol. The summed E-state index contributed by atoms with van der Waals surface area (Å²) in [5.41, 5.74) is -0.139. The number of primary amides is 1. The Bertz CT molecular complexity index is 5360. The van der Waals surface area contributed by atoms with Gasteiger partial charge in [0.05, 0.1) is 66.6 Å². The van der Waals surface area contributed by atoms with Crippen molar-refractivity contribution in [3.8, 4) is 57.1 Å². The van der Waals surface area contributed by atoms with Crippen molar-refractivity contribution in [1.29, 1.82) is 0 Å². The lowest BCUT2D eigenvalue weighted by Gasteiger charge is -2.48. The summed E-state index contributed by atoms with van der Waals surface area (Å²) in [5, 5.41) is 139. The highest BCUT2D eigenvalue weighted by atomic mass is 35.5. The molecule has 6 aromatic carbocycles. The van der Waals surface area contributed by atoms with E-state index in [2.05, 4.69) is 47.9 Å². The number of aromatic hydroxyl groups is 3. The number of morpholine rings is 1. The normalized spacial score (nSPS) is 26.8. The maximum absolute atomic E-state index is 16.2. The number of carbonyl (C=O) groups excluding carboxylic acids is 8. The highest BCUT2D eigenvalue weighted by molar-refractivity contribution is 6.32. The summed E-state index contributed by atoms with van der Waals surface area (Å²) < 4.78 is 93.9. The molecule has 8 aliphatic heterocycles. The first-order valence-electron chi connectivity index (χ1n) is 39.6. The molecule has 38 nitrogen and oxygen atoms in total. The Morgan fingerprint density at radius 3 is 1.98 bits per heavy atom. The first-order valence-corrected chi connectivity index (χ1v) is 40.3. The number of halogens is 5. The average Bonchev–Trinajstić information content (AvgIpc) is 0.793. The number of benzene rings is 6. The van der Waals surface area contributed by atoms with E-state index >= 15 is 14.4 Å². The number of carbonyl (C=O) groups is 9. The van der Waals surface area contributed by atoms with E-state index in [9.17, 15) is 93.0 Å². The number of furan rings is 1. The van der Waals surface area contributed by atoms with Crippen LogP contribution in [0.15, 0.2) is 114 Å². The van der Waals surface area contributed by atoms with Crippen LogP contribution in [-0.2, 0) is 70.0 Å². The molecule has 0 saturated carbocycles. The van der Waals surface area contributed by atoms with Gasteiger partial charge in [-0.05, 0) is 140 Å². The van der Waals surface area contributed by atoms with Gasteiger partial charge >= 0.3 is 12.1 Å². The molecule has 43 heteroatoms. The smallest absolute Gasteiger partial charge is 0.418 e. The minimum atomic E-state index is -4.81. The SMILES string of the molecule is CN[C@@H](CC(C)C)C(=O)N[C@H]1C(=O)N[C@@H](CC(N)=O)C(=O)NC2C(=O)N[C@@H]3C(=O)N[C@@H](C(=O)N[C@@H](C(=O)O)c4cc(O)cc(O)c4-c4cc3ccc4O)[C@H](O)c3ccc(c(Cl)c3)Oc3cc2cc(c3OC2O[C@H](CO)[C@@H](O)[C@@H](O)[C@H]2O[C@H]2CC(C)(NCc3ccc(C(=O)Nc4ccc(N5CCOCC5)c(C(F)(F)F)c4)o3)[C@@H](O)C(C)O2)Oc2ccc(cc2Cl)[C@H]1O. The van der Waals surface area contributed by atoms with E-state index in [1.54, 1.807) is 20.8 Å². The van der Waals surface area contributed by atoms with Gasteiger partial charge in [-0.3, -0.25) is 38.4 Å². The monoisotopic (exact) mass is 1800 g/mol. The number of nitrogens with zero attached hydrogens (tertiary/aromatic N) is 1. The number of carboxylic acid groups (broad SMARTS) is 1. The number of ether oxygens (including phenoxy) is 7. The number of anilines is 2. The number of amides is 8. The van der Waals surface area contributed by atoms with Crippen molar-refractivity contribution in [3.05, 3.63) is 164 Å². The number of carboxylic acids is 1. The third-order valence-electron chi connectivity index (χ3n) is 22.2. The molecule has 15 rings (SSSR count). The van der Waals surface area contributed by atoms with Crippen LogP contribution in [-0.4, -0.2) is 223 Å². The van der Waals surface area contributed by atoms with Gasteiger partial charge in [-0.2, -0.15) is 13.2 Å². The number of likely N-dealkylation sites (N-methyl/N-ethyl adjacent to an activating group) is 1. The van der Waals surface area contributed by atoms with Crippen LogP contribution >= 0.6 is 23.2 Å². The van der Waals surface area contributed by atoms with Gasteiger partial charge in [0.25, 0.3) is 5.91 Å². The molecule has 11 bridgehead atoms. The van der Waals surface area contributed by atoms with Crippen molar-refractivity contribution in [2.45, 2.75) is 169 Å². The Hall–Kier alpha value is -11.7. The minimum Gasteiger partial charge on any atom is -0.508 e. The molecule has 9 heterocycles. The third-order valence-corrected chi connectivity index (χ3v) is 22.8. The second kappa shape index (κ2) is 37.9. The molecule has 0 aliphatic carbocycles. The second-order valence-corrected chi connectivity index (χ2v) is 32.3. The molecule has 1 aromatic heterocycles. The summed E-state index contributed by atoms with van der Waals surface area (Å²) in [4.78, 5) is 133. The van der Waals surface area contributed by atoms with E-state index in [4.69, 9.17) is 66.5 Å². The summed E-state index contributed by atoms with van der Waals surface area (Å²) in [6, 6.07) is 4.59. The number of fused-ring (bicyclic) bond motifs is 15. The van der Waals surface area contributed by atoms with Crippen molar-refractivity contribution >= 4 is 87.8 Å². The second-order valence-electron chi connectivity index (χ2n) is 31.5. The zero-order valence-electron chi connectivity index (χ0n) is 67.5. The highest BCUT2D eigenvalue weighted by Crippen LogP contribution is 2.51. The largest absolute Gasteiger partial charge is 0.508 e. The summed E-state index contributed by atoms with van der Waals surface area (Å²) in [5.74, 6) is -17.9. The molecule has 8 aliphatic rings. The Balaban J connectivity index is 0.928. The molecule has 7 aromatic rings. The fourth-order valence-electron chi connectivity index (χ4n) is 15.6. The Labute approximate surface area is 724 Å². The first kappa shape index (κ1) is 92.0. The lowest BCUT2D eigenvalue weighted by molar-refractivity contribution is -0.334. The van der Waals surface area contributed by atoms with Crippen LogP contribution in [0.3, 0.4) is 0 Å². The molecule has 21 N–H and O–H groups in total. The van der Waals surface area contributed by atoms with Gasteiger partial charge in [-0.15, -0.1) is 0 Å². The fraction of sp³-hybridized carbons (Fsp3) is 0.410. The summed E-state index contributed by atoms with van der Waals surface area (Å²) >= 11 is 14.3. The molecule has 0 radical (unpaired) electrons. The number of phenols is 3. The minimum absolute atomic E-state index is 0.0783. The number of aliphatic hydroxyl groups is 6. The third kappa shape index (κ3) is 19.9. The Morgan fingerprint density at radius 1 is 0.714 bits per heavy atom. The van der Waals surface area contributed by atoms with Crippen molar-refractivity contribution < 1.29 is 145 Å². The lowest BCUT2D eigenvalue weighted by atomic mass is 9.85. The molecule has 3 fully saturated rings. The summed E-state index contributed by atoms with van der Waals surface area (Å²) in [7, 11) is 1.45. The van der Waals surface area contributed by atoms with Crippen LogP contribution in [0.5, 0.6) is 46.0 Å². The van der Waals surface area contributed by atoms with E-state index in [-0.39, 0.29) is 85.6 Å². The fourth-order valence-corrected chi connectivity index (χ4v) is 16.1. The zero-order valence-corrected chi connectivity index (χ0v) is 69.0. The lowest BCUT2D eigenvalue weighted by Crippen LogP contribution is -2.65. The Morgan fingerprint density at radius 2 is 1.36 bits per heavy atom. The van der Waals surface area contributed by atoms with Crippen molar-refractivity contribution in [2.24, 2.45) is 11.7 Å². The van der Waals surface area contributed by atoms with Crippen LogP contribution < -0.4 is 72.7 Å². The van der Waals surface area contributed by atoms with Gasteiger partial charge in [0.1, 0.15) is 95.2 Å². The molecular formula is C83H90Cl2F3N11O27. The first-order chi connectivity index (χ1) is 59.7. The number of hydrogen-bond donors (Lipinski definition) is 20. The van der Waals surface area contributed by atoms with Crippen LogP contribution in [0.1, 0.15) is 127 Å². The number of rotatable bonds is 19. The summed E-state index contributed by atoms with van der Waals surface area (Å²) in [6.45, 7) is 6.11. The number of aliphatic carboxylic acids is 1. The van der Waals surface area contributed by atoms with E-state index in [0.717, 1.165) is 78.9 Å². The van der Waals surface area contributed by atoms with E-state index < -0.39 is 271 Å². The number of nitrogens with one attached hydrogen (secondary N) is 9. The summed E-state index contributed by atoms with van der Waals surface area (Å²) in [6.07, 6.45) is -24.9. The van der Waals surface area contributed by atoms with Gasteiger partial charge in [-0.25, -0.2) is 4.79 Å². The van der Waals surface area contributed by atoms with Gasteiger partial charge in [0, 0.05) is 59.2 Å². The number of hydrogen-bond acceptors (Lipinski definition) is 29. The van der Waals surface area contributed by atoms with Gasteiger partial charge in [-0.1, -0.05) is 55.2 Å². The van der Waals surface area contributed by atoms with Crippen LogP contribution in [0.2, 0.25) is 10.0 Å². The van der Waals surface area contributed by atoms with E-state index in [1.165, 1.54) is 49.2 Å². The molecular weight excluding hydrogens is 1710 g/mol. The average molecular weight is 1800 g/mol. The van der Waals surface area contributed by atoms with Gasteiger partial charge < -0.3 is 147 Å². The van der Waals surface area contributed by atoms with Crippen LogP contribution in [0, 0.1) is 5.92 Å². The van der Waals surface area contributed by atoms with Crippen LogP contribution in [0.25, 0.3) is 11.1 Å². The number of alkyl halides is 3. The highest BCUT2D eigenvalue weighted by Gasteiger charge is 2.53. The van der Waals surface area contributed by atoms with Gasteiger partial charge in [0.15, 0.2) is 35.7 Å². The van der Waals surface area contributed by atoms with E-state index in [1.807, 2.05) is 0 Å². The molecule has 18 atom stereocenters.